The van der Waals surface area contributed by atoms with Crippen molar-refractivity contribution in [1.29, 1.82) is 0 Å². The van der Waals surface area contributed by atoms with Crippen LogP contribution in [0.3, 0.4) is 0 Å². The van der Waals surface area contributed by atoms with E-state index in [1.165, 1.54) is 28.6 Å². The van der Waals surface area contributed by atoms with Crippen LogP contribution in [0.5, 0.6) is 0 Å². The maximum Gasteiger partial charge on any atom is 0.270 e. The molecular formula is C24H26N2OS2. The Labute approximate surface area is 182 Å². The van der Waals surface area contributed by atoms with Gasteiger partial charge >= 0.3 is 0 Å². The number of amides is 1. The third-order valence-electron chi connectivity index (χ3n) is 6.12. The van der Waals surface area contributed by atoms with Crippen molar-refractivity contribution in [1.82, 2.24) is 0 Å². The molecule has 5 heteroatoms. The minimum absolute atomic E-state index is 0.0466. The van der Waals surface area contributed by atoms with Crippen molar-refractivity contribution in [2.45, 2.75) is 45.6 Å². The highest BCUT2D eigenvalue weighted by molar-refractivity contribution is 8.27. The van der Waals surface area contributed by atoms with Crippen molar-refractivity contribution < 1.29 is 4.79 Å². The molecule has 2 aromatic carbocycles. The van der Waals surface area contributed by atoms with Gasteiger partial charge in [-0.2, -0.15) is 0 Å². The van der Waals surface area contributed by atoms with Crippen LogP contribution in [0.2, 0.25) is 0 Å². The van der Waals surface area contributed by atoms with Crippen LogP contribution in [0.4, 0.5) is 11.4 Å². The number of thioether (sulfide) groups is 1. The van der Waals surface area contributed by atoms with Crippen LogP contribution in [0.1, 0.15) is 49.8 Å². The van der Waals surface area contributed by atoms with E-state index in [4.69, 9.17) is 12.2 Å². The summed E-state index contributed by atoms with van der Waals surface area (Å²) < 4.78 is 0.581. The van der Waals surface area contributed by atoms with E-state index >= 15 is 0 Å². The number of carbonyl (C=O) groups is 1. The quantitative estimate of drug-likeness (QED) is 0.429. The van der Waals surface area contributed by atoms with Crippen molar-refractivity contribution in [3.05, 3.63) is 64.1 Å². The zero-order valence-electron chi connectivity index (χ0n) is 17.5. The normalized spacial score (nSPS) is 22.4. The smallest absolute Gasteiger partial charge is 0.270 e. The lowest BCUT2D eigenvalue weighted by molar-refractivity contribution is -0.113. The highest BCUT2D eigenvalue weighted by atomic mass is 32.2. The Bertz CT molecular complexity index is 1030. The monoisotopic (exact) mass is 422 g/mol. The molecule has 1 atom stereocenters. The van der Waals surface area contributed by atoms with Gasteiger partial charge in [-0.1, -0.05) is 49.1 Å². The molecule has 0 saturated carbocycles. The second-order valence-corrected chi connectivity index (χ2v) is 10.3. The van der Waals surface area contributed by atoms with E-state index in [-0.39, 0.29) is 11.4 Å². The molecule has 2 aromatic rings. The van der Waals surface area contributed by atoms with Crippen molar-refractivity contribution in [2.24, 2.45) is 0 Å². The first kappa shape index (κ1) is 20.2. The van der Waals surface area contributed by atoms with Gasteiger partial charge in [-0.3, -0.25) is 9.69 Å². The minimum atomic E-state index is -0.0466. The number of aryl methyl sites for hydroxylation is 1. The molecule has 4 rings (SSSR count). The maximum absolute atomic E-state index is 13.1. The summed E-state index contributed by atoms with van der Waals surface area (Å²) in [6, 6.07) is 14.1. The van der Waals surface area contributed by atoms with Crippen LogP contribution in [0.15, 0.2) is 47.4 Å². The van der Waals surface area contributed by atoms with Gasteiger partial charge in [0.1, 0.15) is 0 Å². The zero-order chi connectivity index (χ0) is 20.9. The van der Waals surface area contributed by atoms with Gasteiger partial charge in [0, 0.05) is 18.3 Å². The lowest BCUT2D eigenvalue weighted by atomic mass is 9.79. The average molecular weight is 423 g/mol. The minimum Gasteiger partial charge on any atom is -0.369 e. The number of benzene rings is 2. The Morgan fingerprint density at radius 3 is 2.59 bits per heavy atom. The lowest BCUT2D eigenvalue weighted by Crippen LogP contribution is -2.45. The highest BCUT2D eigenvalue weighted by Crippen LogP contribution is 2.44. The van der Waals surface area contributed by atoms with Crippen LogP contribution in [0, 0.1) is 6.92 Å². The van der Waals surface area contributed by atoms with Crippen LogP contribution in [-0.4, -0.2) is 22.8 Å². The molecule has 0 N–H and O–H groups in total. The van der Waals surface area contributed by atoms with Crippen LogP contribution >= 0.6 is 24.0 Å². The SMILES string of the molecule is Cc1cc2c(cc1/C=C1\SC(=S)N(c3ccccc3)C1=O)[C@H](C)CC(C)(C)N2C. The molecule has 1 amide bonds. The van der Waals surface area contributed by atoms with E-state index < -0.39 is 0 Å². The Morgan fingerprint density at radius 1 is 1.21 bits per heavy atom. The van der Waals surface area contributed by atoms with Gasteiger partial charge in [0.15, 0.2) is 4.32 Å². The summed E-state index contributed by atoms with van der Waals surface area (Å²) in [5, 5.41) is 0. The third kappa shape index (κ3) is 3.51. The third-order valence-corrected chi connectivity index (χ3v) is 7.42. The van der Waals surface area contributed by atoms with Gasteiger partial charge in [-0.05, 0) is 80.1 Å². The largest absolute Gasteiger partial charge is 0.369 e. The zero-order valence-corrected chi connectivity index (χ0v) is 19.2. The number of anilines is 2. The average Bonchev–Trinajstić information content (AvgIpc) is 2.95. The number of fused-ring (bicyclic) bond motifs is 1. The Morgan fingerprint density at radius 2 is 1.90 bits per heavy atom. The van der Waals surface area contributed by atoms with E-state index in [0.717, 1.165) is 17.7 Å². The Kier molecular flexibility index (Phi) is 5.07. The molecule has 150 valence electrons. The molecule has 0 aliphatic carbocycles. The van der Waals surface area contributed by atoms with Crippen LogP contribution in [0.25, 0.3) is 6.08 Å². The molecule has 2 heterocycles. The fourth-order valence-electron chi connectivity index (χ4n) is 4.30. The van der Waals surface area contributed by atoms with Gasteiger partial charge < -0.3 is 4.90 Å². The standard InChI is InChI=1S/C24H26N2OS2/c1-15-11-20-19(16(2)14-24(3,4)25(20)5)12-17(15)13-21-22(27)26(23(28)29-21)18-9-7-6-8-10-18/h6-13,16H,14H2,1-5H3/b21-13-/t16-/m1/s1. The maximum atomic E-state index is 13.1. The van der Waals surface area contributed by atoms with Crippen molar-refractivity contribution in [3.8, 4) is 0 Å². The molecule has 29 heavy (non-hydrogen) atoms. The summed E-state index contributed by atoms with van der Waals surface area (Å²) >= 11 is 6.88. The van der Waals surface area contributed by atoms with Crippen molar-refractivity contribution in [3.63, 3.8) is 0 Å². The summed E-state index contributed by atoms with van der Waals surface area (Å²) in [7, 11) is 2.18. The molecule has 1 fully saturated rings. The first-order valence-corrected chi connectivity index (χ1v) is 11.1. The summed E-state index contributed by atoms with van der Waals surface area (Å²) in [5.74, 6) is 0.428. The number of hydrogen-bond acceptors (Lipinski definition) is 4. The summed E-state index contributed by atoms with van der Waals surface area (Å²) in [4.78, 5) is 17.7. The predicted molar refractivity (Wildman–Crippen MR) is 129 cm³/mol. The van der Waals surface area contributed by atoms with Gasteiger partial charge in [0.2, 0.25) is 0 Å². The number of carbonyl (C=O) groups excluding carboxylic acids is 1. The topological polar surface area (TPSA) is 23.6 Å². The molecular weight excluding hydrogens is 396 g/mol. The fraction of sp³-hybridized carbons (Fsp3) is 0.333. The molecule has 0 spiro atoms. The fourth-order valence-corrected chi connectivity index (χ4v) is 5.59. The Balaban J connectivity index is 1.72. The second kappa shape index (κ2) is 7.29. The van der Waals surface area contributed by atoms with Gasteiger partial charge in [-0.25, -0.2) is 0 Å². The summed E-state index contributed by atoms with van der Waals surface area (Å²) in [6.45, 7) is 9.00. The molecule has 3 nitrogen and oxygen atoms in total. The van der Waals surface area contributed by atoms with Crippen molar-refractivity contribution in [2.75, 3.05) is 16.8 Å². The van der Waals surface area contributed by atoms with Crippen LogP contribution in [-0.2, 0) is 4.79 Å². The van der Waals surface area contributed by atoms with E-state index in [1.54, 1.807) is 4.90 Å². The van der Waals surface area contributed by atoms with E-state index in [2.05, 4.69) is 51.8 Å². The van der Waals surface area contributed by atoms with Crippen LogP contribution < -0.4 is 9.80 Å². The van der Waals surface area contributed by atoms with Crippen molar-refractivity contribution >= 4 is 51.7 Å². The number of hydrogen-bond donors (Lipinski definition) is 0. The number of thiocarbonyl (C=S) groups is 1. The van der Waals surface area contributed by atoms with Gasteiger partial charge in [-0.15, -0.1) is 0 Å². The molecule has 2 aliphatic heterocycles. The number of rotatable bonds is 2. The molecule has 0 radical (unpaired) electrons. The number of para-hydroxylation sites is 1. The summed E-state index contributed by atoms with van der Waals surface area (Å²) in [6.07, 6.45) is 3.11. The molecule has 2 aliphatic rings. The lowest BCUT2D eigenvalue weighted by Gasteiger charge is -2.45. The van der Waals surface area contributed by atoms with E-state index in [9.17, 15) is 4.79 Å². The summed E-state index contributed by atoms with van der Waals surface area (Å²) in [5.41, 5.74) is 5.86. The second-order valence-electron chi connectivity index (χ2n) is 8.60. The molecule has 0 unspecified atom stereocenters. The Hall–Kier alpha value is -2.11. The number of nitrogens with zero attached hydrogens (tertiary/aromatic N) is 2. The highest BCUT2D eigenvalue weighted by Gasteiger charge is 2.35. The molecule has 0 aromatic heterocycles. The van der Waals surface area contributed by atoms with E-state index in [0.29, 0.717) is 15.1 Å². The van der Waals surface area contributed by atoms with E-state index in [1.807, 2.05) is 36.4 Å². The predicted octanol–water partition coefficient (Wildman–Crippen LogP) is 6.12. The molecule has 1 saturated heterocycles. The van der Waals surface area contributed by atoms with Gasteiger partial charge in [0.05, 0.1) is 10.6 Å². The first-order chi connectivity index (χ1) is 13.7. The van der Waals surface area contributed by atoms with Gasteiger partial charge in [0.25, 0.3) is 5.91 Å². The molecule has 0 bridgehead atoms. The first-order valence-electron chi connectivity index (χ1n) is 9.90.